The number of hydrogen-bond donors (Lipinski definition) is 9. The van der Waals surface area contributed by atoms with Gasteiger partial charge in [0, 0.05) is 6.42 Å². The van der Waals surface area contributed by atoms with Gasteiger partial charge in [-0.15, -0.1) is 0 Å². The number of carbonyl (C=O) groups excluding carboxylic acids is 1. The van der Waals surface area contributed by atoms with E-state index in [1.807, 2.05) is 6.08 Å². The minimum Gasteiger partial charge on any atom is -0.394 e. The van der Waals surface area contributed by atoms with Crippen LogP contribution in [0, 0.1) is 0 Å². The lowest BCUT2D eigenvalue weighted by Crippen LogP contribution is -2.65. The molecule has 0 aromatic carbocycles. The third-order valence-electron chi connectivity index (χ3n) is 11.5. The minimum absolute atomic E-state index is 0.242. The topological polar surface area (TPSA) is 228 Å². The molecule has 0 spiro atoms. The van der Waals surface area contributed by atoms with Crippen LogP contribution in [0.2, 0.25) is 0 Å². The highest BCUT2D eigenvalue weighted by Gasteiger charge is 2.50. The summed E-state index contributed by atoms with van der Waals surface area (Å²) in [6.07, 6.45) is 14.0. The molecule has 2 rings (SSSR count). The summed E-state index contributed by atoms with van der Waals surface area (Å²) in [5, 5.41) is 86.4. The molecule has 0 aromatic rings. The largest absolute Gasteiger partial charge is 0.394 e. The maximum absolute atomic E-state index is 13.1. The Kier molecular flexibility index (Phi) is 29.6. The van der Waals surface area contributed by atoms with E-state index in [9.17, 15) is 45.6 Å². The zero-order valence-corrected chi connectivity index (χ0v) is 35.8. The number of aliphatic hydroxyl groups excluding tert-OH is 8. The first-order valence-corrected chi connectivity index (χ1v) is 22.9. The predicted octanol–water partition coefficient (Wildman–Crippen LogP) is 4.43. The minimum atomic E-state index is -1.78. The molecule has 58 heavy (non-hydrogen) atoms. The second-order valence-corrected chi connectivity index (χ2v) is 16.5. The molecule has 2 aliphatic rings. The van der Waals surface area contributed by atoms with Gasteiger partial charge in [-0.05, 0) is 19.3 Å². The number of rotatable bonds is 34. The van der Waals surface area contributed by atoms with E-state index in [1.165, 1.54) is 103 Å². The van der Waals surface area contributed by atoms with Crippen LogP contribution in [0.25, 0.3) is 0 Å². The molecule has 0 aliphatic carbocycles. The molecule has 2 heterocycles. The molecule has 1 amide bonds. The van der Waals surface area contributed by atoms with Gasteiger partial charge >= 0.3 is 0 Å². The first-order valence-electron chi connectivity index (χ1n) is 22.9. The molecule has 12 atom stereocenters. The fourth-order valence-electron chi connectivity index (χ4n) is 7.64. The van der Waals surface area contributed by atoms with Crippen LogP contribution < -0.4 is 5.32 Å². The Morgan fingerprint density at radius 1 is 0.603 bits per heavy atom. The van der Waals surface area contributed by atoms with Crippen LogP contribution in [0.15, 0.2) is 12.2 Å². The Morgan fingerprint density at radius 3 is 1.59 bits per heavy atom. The summed E-state index contributed by atoms with van der Waals surface area (Å²) < 4.78 is 22.6. The zero-order chi connectivity index (χ0) is 42.5. The quantitative estimate of drug-likeness (QED) is 0.0324. The summed E-state index contributed by atoms with van der Waals surface area (Å²) in [6, 6.07) is -0.905. The van der Waals surface area contributed by atoms with Gasteiger partial charge in [0.05, 0.1) is 32.0 Å². The van der Waals surface area contributed by atoms with Gasteiger partial charge in [0.15, 0.2) is 12.6 Å². The molecule has 2 fully saturated rings. The van der Waals surface area contributed by atoms with Crippen molar-refractivity contribution in [2.24, 2.45) is 0 Å². The van der Waals surface area contributed by atoms with Crippen LogP contribution in [-0.4, -0.2) is 140 Å². The monoisotopic (exact) mass is 834 g/mol. The number of amides is 1. The van der Waals surface area contributed by atoms with Crippen LogP contribution >= 0.6 is 0 Å². The molecule has 9 N–H and O–H groups in total. The van der Waals surface area contributed by atoms with E-state index in [0.717, 1.165) is 38.5 Å². The molecule has 14 heteroatoms. The Labute approximate surface area is 348 Å². The molecule has 14 nitrogen and oxygen atoms in total. The SMILES string of the molecule is CCCCCCCCCCCCCC=CC(O)C(COC1OC(CO)C(OC2OC(CO)C(O)C(O)C2O)C(O)C1O)NC(=O)CCCCCCCCCCCCC. The number of allylic oxidation sites excluding steroid dienone is 1. The second-order valence-electron chi connectivity index (χ2n) is 16.5. The maximum atomic E-state index is 13.1. The molecule has 0 saturated carbocycles. The summed E-state index contributed by atoms with van der Waals surface area (Å²) in [6.45, 7) is 2.75. The lowest BCUT2D eigenvalue weighted by atomic mass is 9.97. The maximum Gasteiger partial charge on any atom is 0.220 e. The Hall–Kier alpha value is -1.27. The average Bonchev–Trinajstić information content (AvgIpc) is 3.22. The number of carbonyl (C=O) groups is 1. The lowest BCUT2D eigenvalue weighted by Gasteiger charge is -2.46. The first-order chi connectivity index (χ1) is 28.1. The van der Waals surface area contributed by atoms with Gasteiger partial charge in [0.2, 0.25) is 5.91 Å². The molecule has 342 valence electrons. The van der Waals surface area contributed by atoms with Crippen molar-refractivity contribution in [1.29, 1.82) is 0 Å². The summed E-state index contributed by atoms with van der Waals surface area (Å²) in [5.41, 5.74) is 0. The molecular formula is C44H83NO13. The van der Waals surface area contributed by atoms with E-state index in [-0.39, 0.29) is 18.9 Å². The average molecular weight is 834 g/mol. The van der Waals surface area contributed by atoms with Gasteiger partial charge in [-0.3, -0.25) is 4.79 Å². The van der Waals surface area contributed by atoms with E-state index >= 15 is 0 Å². The molecule has 0 bridgehead atoms. The van der Waals surface area contributed by atoms with Gasteiger partial charge in [-0.2, -0.15) is 0 Å². The number of unbranched alkanes of at least 4 members (excludes halogenated alkanes) is 21. The molecule has 0 aromatic heterocycles. The number of ether oxygens (including phenoxy) is 4. The van der Waals surface area contributed by atoms with Gasteiger partial charge in [-0.25, -0.2) is 0 Å². The first kappa shape index (κ1) is 52.9. The van der Waals surface area contributed by atoms with Crippen LogP contribution in [0.5, 0.6) is 0 Å². The van der Waals surface area contributed by atoms with E-state index in [2.05, 4.69) is 19.2 Å². The standard InChI is InChI=1S/C44H83NO13/c1-3-5-7-9-11-13-15-16-18-19-21-23-25-27-33(48)32(45-36(49)28-26-24-22-20-17-14-12-10-8-6-4-2)31-55-43-41(54)39(52)42(35(30-47)57-43)58-44-40(53)38(51)37(50)34(29-46)56-44/h25,27,32-35,37-44,46-48,50-54H,3-24,26,28-31H2,1-2H3,(H,45,49). The third-order valence-corrected chi connectivity index (χ3v) is 11.5. The van der Waals surface area contributed by atoms with Crippen LogP contribution in [0.1, 0.15) is 168 Å². The van der Waals surface area contributed by atoms with Gasteiger partial charge in [-0.1, -0.05) is 154 Å². The van der Waals surface area contributed by atoms with Gasteiger partial charge in [0.25, 0.3) is 0 Å². The van der Waals surface area contributed by atoms with Crippen molar-refractivity contribution in [3.05, 3.63) is 12.2 Å². The number of hydrogen-bond acceptors (Lipinski definition) is 13. The van der Waals surface area contributed by atoms with E-state index in [4.69, 9.17) is 18.9 Å². The lowest BCUT2D eigenvalue weighted by molar-refractivity contribution is -0.359. The summed E-state index contributed by atoms with van der Waals surface area (Å²) in [5.74, 6) is -0.242. The highest BCUT2D eigenvalue weighted by molar-refractivity contribution is 5.76. The number of aliphatic hydroxyl groups is 8. The van der Waals surface area contributed by atoms with Crippen LogP contribution in [-0.2, 0) is 23.7 Å². The predicted molar refractivity (Wildman–Crippen MR) is 222 cm³/mol. The zero-order valence-electron chi connectivity index (χ0n) is 35.8. The Morgan fingerprint density at radius 2 is 1.07 bits per heavy atom. The molecule has 2 aliphatic heterocycles. The highest BCUT2D eigenvalue weighted by Crippen LogP contribution is 2.30. The van der Waals surface area contributed by atoms with Gasteiger partial charge < -0.3 is 65.1 Å². The molecule has 0 radical (unpaired) electrons. The van der Waals surface area contributed by atoms with E-state index < -0.39 is 86.8 Å². The van der Waals surface area contributed by atoms with Crippen molar-refractivity contribution < 1.29 is 64.6 Å². The summed E-state index contributed by atoms with van der Waals surface area (Å²) in [4.78, 5) is 13.1. The Balaban J connectivity index is 1.91. The number of nitrogens with one attached hydrogen (secondary N) is 1. The van der Waals surface area contributed by atoms with Crippen LogP contribution in [0.4, 0.5) is 0 Å². The fourth-order valence-corrected chi connectivity index (χ4v) is 7.64. The van der Waals surface area contributed by atoms with Crippen molar-refractivity contribution in [2.75, 3.05) is 19.8 Å². The van der Waals surface area contributed by atoms with Crippen LogP contribution in [0.3, 0.4) is 0 Å². The van der Waals surface area contributed by atoms with Crippen molar-refractivity contribution in [1.82, 2.24) is 5.32 Å². The Bertz CT molecular complexity index is 1040. The summed E-state index contributed by atoms with van der Waals surface area (Å²) in [7, 11) is 0. The van der Waals surface area contributed by atoms with E-state index in [0.29, 0.717) is 6.42 Å². The molecular weight excluding hydrogens is 750 g/mol. The van der Waals surface area contributed by atoms with Crippen molar-refractivity contribution in [2.45, 2.75) is 242 Å². The second kappa shape index (κ2) is 32.4. The third kappa shape index (κ3) is 20.5. The smallest absolute Gasteiger partial charge is 0.220 e. The molecule has 2 saturated heterocycles. The normalized spacial score (nSPS) is 28.9. The van der Waals surface area contributed by atoms with Crippen molar-refractivity contribution in [3.8, 4) is 0 Å². The summed E-state index contributed by atoms with van der Waals surface area (Å²) >= 11 is 0. The molecule has 12 unspecified atom stereocenters. The van der Waals surface area contributed by atoms with Crippen molar-refractivity contribution >= 4 is 5.91 Å². The van der Waals surface area contributed by atoms with Crippen molar-refractivity contribution in [3.63, 3.8) is 0 Å². The fraction of sp³-hybridized carbons (Fsp3) is 0.932. The van der Waals surface area contributed by atoms with E-state index in [1.54, 1.807) is 6.08 Å². The highest BCUT2D eigenvalue weighted by atomic mass is 16.7. The van der Waals surface area contributed by atoms with Gasteiger partial charge in [0.1, 0.15) is 48.8 Å².